The number of ether oxygens (including phenoxy) is 1. The summed E-state index contributed by atoms with van der Waals surface area (Å²) in [5.74, 6) is 0.793. The molecule has 0 fully saturated rings. The molecule has 0 aliphatic carbocycles. The van der Waals surface area contributed by atoms with E-state index in [1.165, 1.54) is 0 Å². The monoisotopic (exact) mass is 265 g/mol. The number of anilines is 3. The van der Waals surface area contributed by atoms with Crippen molar-refractivity contribution in [1.29, 1.82) is 0 Å². The van der Waals surface area contributed by atoms with Crippen LogP contribution in [0, 0.1) is 0 Å². The zero-order chi connectivity index (χ0) is 13.9. The average molecular weight is 265 g/mol. The van der Waals surface area contributed by atoms with E-state index in [2.05, 4.69) is 10.3 Å². The second kappa shape index (κ2) is 5.09. The molecule has 0 saturated carbocycles. The van der Waals surface area contributed by atoms with Crippen LogP contribution in [0.3, 0.4) is 0 Å². The second-order valence-electron chi connectivity index (χ2n) is 4.45. The van der Waals surface area contributed by atoms with Gasteiger partial charge in [0.25, 0.3) is 0 Å². The summed E-state index contributed by atoms with van der Waals surface area (Å²) in [7, 11) is 1.66. The summed E-state index contributed by atoms with van der Waals surface area (Å²) in [4.78, 5) is 4.17. The third kappa shape index (κ3) is 2.12. The third-order valence-corrected chi connectivity index (χ3v) is 3.23. The Kier molecular flexibility index (Phi) is 3.13. The van der Waals surface area contributed by atoms with Crippen LogP contribution in [0.15, 0.2) is 54.9 Å². The van der Waals surface area contributed by atoms with Gasteiger partial charge in [-0.1, -0.05) is 12.1 Å². The summed E-state index contributed by atoms with van der Waals surface area (Å²) in [5, 5.41) is 5.34. The number of fused-ring (bicyclic) bond motifs is 1. The Morgan fingerprint density at radius 2 is 1.85 bits per heavy atom. The molecular formula is C16H15N3O. The van der Waals surface area contributed by atoms with Crippen LogP contribution < -0.4 is 15.8 Å². The van der Waals surface area contributed by atoms with Gasteiger partial charge in [0.05, 0.1) is 12.8 Å². The van der Waals surface area contributed by atoms with Gasteiger partial charge in [0.1, 0.15) is 5.75 Å². The van der Waals surface area contributed by atoms with Gasteiger partial charge in [-0.3, -0.25) is 4.98 Å². The van der Waals surface area contributed by atoms with Crippen LogP contribution in [0.5, 0.6) is 5.75 Å². The third-order valence-electron chi connectivity index (χ3n) is 3.23. The van der Waals surface area contributed by atoms with Crippen molar-refractivity contribution < 1.29 is 4.74 Å². The van der Waals surface area contributed by atoms with Crippen molar-refractivity contribution in [2.24, 2.45) is 0 Å². The van der Waals surface area contributed by atoms with Crippen molar-refractivity contribution in [2.75, 3.05) is 18.2 Å². The molecule has 2 aromatic carbocycles. The normalized spacial score (nSPS) is 10.4. The predicted molar refractivity (Wildman–Crippen MR) is 82.4 cm³/mol. The lowest BCUT2D eigenvalue weighted by Crippen LogP contribution is -1.96. The van der Waals surface area contributed by atoms with E-state index in [0.29, 0.717) is 0 Å². The fourth-order valence-corrected chi connectivity index (χ4v) is 2.22. The molecular weight excluding hydrogens is 250 g/mol. The lowest BCUT2D eigenvalue weighted by molar-refractivity contribution is 0.417. The Morgan fingerprint density at radius 1 is 1.00 bits per heavy atom. The molecule has 0 radical (unpaired) electrons. The van der Waals surface area contributed by atoms with Gasteiger partial charge in [-0.2, -0.15) is 0 Å². The maximum atomic E-state index is 5.99. The van der Waals surface area contributed by atoms with Crippen LogP contribution in [0.2, 0.25) is 0 Å². The minimum atomic E-state index is 0.743. The number of nitrogens with one attached hydrogen (secondary N) is 1. The molecule has 4 nitrogen and oxygen atoms in total. The van der Waals surface area contributed by atoms with Crippen LogP contribution in [0.25, 0.3) is 10.8 Å². The number of benzene rings is 2. The fourth-order valence-electron chi connectivity index (χ4n) is 2.22. The van der Waals surface area contributed by atoms with Crippen molar-refractivity contribution in [3.8, 4) is 5.75 Å². The number of nitrogen functional groups attached to an aromatic ring is 1. The smallest absolute Gasteiger partial charge is 0.142 e. The Labute approximate surface area is 117 Å². The molecule has 0 amide bonds. The first-order valence-electron chi connectivity index (χ1n) is 6.32. The van der Waals surface area contributed by atoms with E-state index in [-0.39, 0.29) is 0 Å². The van der Waals surface area contributed by atoms with E-state index >= 15 is 0 Å². The topological polar surface area (TPSA) is 60.2 Å². The number of nitrogens with zero attached hydrogens (tertiary/aromatic N) is 1. The van der Waals surface area contributed by atoms with Crippen LogP contribution >= 0.6 is 0 Å². The van der Waals surface area contributed by atoms with E-state index in [1.54, 1.807) is 13.3 Å². The molecule has 0 aliphatic rings. The quantitative estimate of drug-likeness (QED) is 0.711. The van der Waals surface area contributed by atoms with Crippen LogP contribution in [0.4, 0.5) is 17.1 Å². The number of hydrogen-bond acceptors (Lipinski definition) is 4. The van der Waals surface area contributed by atoms with Gasteiger partial charge in [0.15, 0.2) is 0 Å². The Bertz CT molecular complexity index is 756. The Hall–Kier alpha value is -2.75. The molecule has 3 N–H and O–H groups in total. The molecule has 0 bridgehead atoms. The lowest BCUT2D eigenvalue weighted by atomic mass is 10.1. The first-order valence-corrected chi connectivity index (χ1v) is 6.32. The molecule has 0 spiro atoms. The number of methoxy groups -OCH3 is 1. The highest BCUT2D eigenvalue weighted by Gasteiger charge is 2.07. The Balaban J connectivity index is 2.09. The first kappa shape index (κ1) is 12.3. The van der Waals surface area contributed by atoms with Gasteiger partial charge in [0, 0.05) is 34.5 Å². The summed E-state index contributed by atoms with van der Waals surface area (Å²) in [6.45, 7) is 0. The van der Waals surface area contributed by atoms with Crippen molar-refractivity contribution >= 4 is 27.8 Å². The zero-order valence-corrected chi connectivity index (χ0v) is 11.1. The average Bonchev–Trinajstić information content (AvgIpc) is 2.51. The molecule has 3 aromatic rings. The lowest BCUT2D eigenvalue weighted by Gasteiger charge is -2.13. The summed E-state index contributed by atoms with van der Waals surface area (Å²) in [5.41, 5.74) is 8.60. The van der Waals surface area contributed by atoms with Gasteiger partial charge in [-0.25, -0.2) is 0 Å². The van der Waals surface area contributed by atoms with Crippen LogP contribution in [0.1, 0.15) is 0 Å². The zero-order valence-electron chi connectivity index (χ0n) is 11.1. The summed E-state index contributed by atoms with van der Waals surface area (Å²) in [6.07, 6.45) is 3.55. The molecule has 100 valence electrons. The molecule has 0 aliphatic heterocycles. The maximum Gasteiger partial charge on any atom is 0.142 e. The molecule has 4 heteroatoms. The SMILES string of the molecule is COc1ccccc1Nc1ccc(N)c2ccncc12. The van der Waals surface area contributed by atoms with Crippen LogP contribution in [-0.4, -0.2) is 12.1 Å². The standard InChI is InChI=1S/C16H15N3O/c1-20-16-5-3-2-4-15(16)19-14-7-6-13(17)11-8-9-18-10-12(11)14/h2-10,19H,17H2,1H3. The number of pyridine rings is 1. The number of aromatic nitrogens is 1. The summed E-state index contributed by atoms with van der Waals surface area (Å²) in [6, 6.07) is 13.5. The number of hydrogen-bond donors (Lipinski definition) is 2. The van der Waals surface area contributed by atoms with E-state index in [9.17, 15) is 0 Å². The molecule has 0 unspecified atom stereocenters. The molecule has 1 aromatic heterocycles. The molecule has 0 atom stereocenters. The minimum absolute atomic E-state index is 0.743. The molecule has 0 saturated heterocycles. The number of nitrogens with two attached hydrogens (primary N) is 1. The molecule has 3 rings (SSSR count). The summed E-state index contributed by atoms with van der Waals surface area (Å²) >= 11 is 0. The highest BCUT2D eigenvalue weighted by Crippen LogP contribution is 2.32. The maximum absolute atomic E-state index is 5.99. The number of rotatable bonds is 3. The van der Waals surface area contributed by atoms with E-state index in [4.69, 9.17) is 10.5 Å². The second-order valence-corrected chi connectivity index (χ2v) is 4.45. The number of para-hydroxylation sites is 2. The Morgan fingerprint density at radius 3 is 2.70 bits per heavy atom. The highest BCUT2D eigenvalue weighted by atomic mass is 16.5. The van der Waals surface area contributed by atoms with Gasteiger partial charge < -0.3 is 15.8 Å². The highest BCUT2D eigenvalue weighted by molar-refractivity contribution is 6.01. The fraction of sp³-hybridized carbons (Fsp3) is 0.0625. The van der Waals surface area contributed by atoms with Gasteiger partial charge in [0.2, 0.25) is 0 Å². The minimum Gasteiger partial charge on any atom is -0.495 e. The first-order chi connectivity index (χ1) is 9.79. The van der Waals surface area contributed by atoms with E-state index in [0.717, 1.165) is 33.6 Å². The van der Waals surface area contributed by atoms with Crippen molar-refractivity contribution in [3.05, 3.63) is 54.9 Å². The van der Waals surface area contributed by atoms with Crippen LogP contribution in [-0.2, 0) is 0 Å². The molecule has 20 heavy (non-hydrogen) atoms. The summed E-state index contributed by atoms with van der Waals surface area (Å²) < 4.78 is 5.35. The van der Waals surface area contributed by atoms with E-state index in [1.807, 2.05) is 48.7 Å². The van der Waals surface area contributed by atoms with Crippen molar-refractivity contribution in [3.63, 3.8) is 0 Å². The largest absolute Gasteiger partial charge is 0.495 e. The molecule has 1 heterocycles. The van der Waals surface area contributed by atoms with Crippen molar-refractivity contribution in [2.45, 2.75) is 0 Å². The van der Waals surface area contributed by atoms with Gasteiger partial charge in [-0.15, -0.1) is 0 Å². The van der Waals surface area contributed by atoms with Gasteiger partial charge >= 0.3 is 0 Å². The van der Waals surface area contributed by atoms with E-state index < -0.39 is 0 Å². The van der Waals surface area contributed by atoms with Crippen molar-refractivity contribution in [1.82, 2.24) is 4.98 Å². The predicted octanol–water partition coefficient (Wildman–Crippen LogP) is 3.57. The van der Waals surface area contributed by atoms with Gasteiger partial charge in [-0.05, 0) is 30.3 Å².